The zero-order valence-electron chi connectivity index (χ0n) is 14.9. The zero-order chi connectivity index (χ0) is 17.9. The SMILES string of the molecule is Cc1cccc(C)c1N=C(c1ccccc1)C(C)(O)c1ccccc1. The quantitative estimate of drug-likeness (QED) is 0.645. The normalized spacial score (nSPS) is 14.2. The van der Waals surface area contributed by atoms with Gasteiger partial charge in [0.2, 0.25) is 0 Å². The summed E-state index contributed by atoms with van der Waals surface area (Å²) in [5.41, 5.74) is 4.30. The van der Waals surface area contributed by atoms with Crippen LogP contribution in [0, 0.1) is 13.8 Å². The van der Waals surface area contributed by atoms with Gasteiger partial charge in [-0.3, -0.25) is 0 Å². The summed E-state index contributed by atoms with van der Waals surface area (Å²) in [6, 6.07) is 25.7. The van der Waals surface area contributed by atoms with Crippen molar-refractivity contribution in [3.63, 3.8) is 0 Å². The minimum atomic E-state index is -1.20. The van der Waals surface area contributed by atoms with Gasteiger partial charge in [-0.1, -0.05) is 78.9 Å². The van der Waals surface area contributed by atoms with E-state index in [1.54, 1.807) is 0 Å². The molecule has 0 aliphatic heterocycles. The van der Waals surface area contributed by atoms with E-state index in [1.165, 1.54) is 0 Å². The fraction of sp³-hybridized carbons (Fsp3) is 0.174. The predicted octanol–water partition coefficient (Wildman–Crippen LogP) is 5.33. The van der Waals surface area contributed by atoms with Gasteiger partial charge in [-0.15, -0.1) is 0 Å². The van der Waals surface area contributed by atoms with E-state index in [4.69, 9.17) is 4.99 Å². The van der Waals surface area contributed by atoms with Crippen molar-refractivity contribution in [2.24, 2.45) is 4.99 Å². The maximum atomic E-state index is 11.4. The molecule has 2 nitrogen and oxygen atoms in total. The zero-order valence-corrected chi connectivity index (χ0v) is 14.9. The van der Waals surface area contributed by atoms with E-state index in [0.717, 1.165) is 27.9 Å². The van der Waals surface area contributed by atoms with E-state index in [0.29, 0.717) is 5.71 Å². The fourth-order valence-corrected chi connectivity index (χ4v) is 3.04. The molecule has 0 radical (unpaired) electrons. The summed E-state index contributed by atoms with van der Waals surface area (Å²) in [6.45, 7) is 5.90. The van der Waals surface area contributed by atoms with Gasteiger partial charge in [0.15, 0.2) is 0 Å². The molecule has 0 amide bonds. The summed E-state index contributed by atoms with van der Waals surface area (Å²) >= 11 is 0. The van der Waals surface area contributed by atoms with Crippen LogP contribution in [0.1, 0.15) is 29.2 Å². The first kappa shape index (κ1) is 17.1. The van der Waals surface area contributed by atoms with Crippen LogP contribution in [0.5, 0.6) is 0 Å². The fourth-order valence-electron chi connectivity index (χ4n) is 3.04. The lowest BCUT2D eigenvalue weighted by atomic mass is 9.86. The molecule has 1 N–H and O–H groups in total. The highest BCUT2D eigenvalue weighted by atomic mass is 16.3. The highest BCUT2D eigenvalue weighted by molar-refractivity contribution is 6.08. The second-order valence-electron chi connectivity index (χ2n) is 6.51. The first-order chi connectivity index (χ1) is 12.0. The number of hydrogen-bond donors (Lipinski definition) is 1. The van der Waals surface area contributed by atoms with Crippen molar-refractivity contribution in [1.29, 1.82) is 0 Å². The molecule has 0 saturated heterocycles. The summed E-state index contributed by atoms with van der Waals surface area (Å²) in [7, 11) is 0. The van der Waals surface area contributed by atoms with Gasteiger partial charge in [0.1, 0.15) is 5.60 Å². The molecule has 0 fully saturated rings. The van der Waals surface area contributed by atoms with Crippen LogP contribution in [0.25, 0.3) is 0 Å². The summed E-state index contributed by atoms with van der Waals surface area (Å²) in [6.07, 6.45) is 0. The lowest BCUT2D eigenvalue weighted by Gasteiger charge is -2.27. The van der Waals surface area contributed by atoms with Gasteiger partial charge in [-0.25, -0.2) is 4.99 Å². The molecule has 1 atom stereocenters. The molecular formula is C23H23NO. The van der Waals surface area contributed by atoms with Crippen LogP contribution < -0.4 is 0 Å². The number of hydrogen-bond acceptors (Lipinski definition) is 2. The molecule has 0 heterocycles. The Labute approximate surface area is 149 Å². The van der Waals surface area contributed by atoms with E-state index in [1.807, 2.05) is 99.6 Å². The Balaban J connectivity index is 2.23. The van der Waals surface area contributed by atoms with Crippen LogP contribution in [0.2, 0.25) is 0 Å². The topological polar surface area (TPSA) is 32.6 Å². The lowest BCUT2D eigenvalue weighted by Crippen LogP contribution is -2.33. The predicted molar refractivity (Wildman–Crippen MR) is 105 cm³/mol. The van der Waals surface area contributed by atoms with Crippen molar-refractivity contribution in [3.05, 3.63) is 101 Å². The first-order valence-corrected chi connectivity index (χ1v) is 8.49. The number of aryl methyl sites for hydroxylation is 2. The van der Waals surface area contributed by atoms with Gasteiger partial charge >= 0.3 is 0 Å². The van der Waals surface area contributed by atoms with E-state index in [9.17, 15) is 5.11 Å². The molecule has 0 spiro atoms. The Bertz CT molecular complexity index is 860. The van der Waals surface area contributed by atoms with E-state index >= 15 is 0 Å². The highest BCUT2D eigenvalue weighted by Gasteiger charge is 2.31. The van der Waals surface area contributed by atoms with Crippen LogP contribution in [-0.4, -0.2) is 10.8 Å². The van der Waals surface area contributed by atoms with Crippen LogP contribution in [0.15, 0.2) is 83.9 Å². The Hall–Kier alpha value is -2.71. The van der Waals surface area contributed by atoms with Crippen molar-refractivity contribution in [2.45, 2.75) is 26.4 Å². The Morgan fingerprint density at radius 2 is 1.28 bits per heavy atom. The van der Waals surface area contributed by atoms with Crippen LogP contribution in [-0.2, 0) is 5.60 Å². The molecule has 3 aromatic carbocycles. The number of aliphatic imine (C=N–C) groups is 1. The Morgan fingerprint density at radius 1 is 0.760 bits per heavy atom. The molecule has 25 heavy (non-hydrogen) atoms. The molecule has 126 valence electrons. The molecule has 0 bridgehead atoms. The first-order valence-electron chi connectivity index (χ1n) is 8.49. The van der Waals surface area contributed by atoms with Crippen molar-refractivity contribution in [1.82, 2.24) is 0 Å². The van der Waals surface area contributed by atoms with Crippen molar-refractivity contribution in [3.8, 4) is 0 Å². The second-order valence-corrected chi connectivity index (χ2v) is 6.51. The molecule has 3 aromatic rings. The highest BCUT2D eigenvalue weighted by Crippen LogP contribution is 2.31. The average Bonchev–Trinajstić information content (AvgIpc) is 2.63. The van der Waals surface area contributed by atoms with Gasteiger partial charge < -0.3 is 5.11 Å². The van der Waals surface area contributed by atoms with E-state index in [2.05, 4.69) is 0 Å². The van der Waals surface area contributed by atoms with Gasteiger partial charge in [0, 0.05) is 0 Å². The summed E-state index contributed by atoms with van der Waals surface area (Å²) < 4.78 is 0. The summed E-state index contributed by atoms with van der Waals surface area (Å²) in [4.78, 5) is 4.94. The number of benzene rings is 3. The van der Waals surface area contributed by atoms with Gasteiger partial charge in [-0.2, -0.15) is 0 Å². The van der Waals surface area contributed by atoms with Crippen LogP contribution >= 0.6 is 0 Å². The maximum absolute atomic E-state index is 11.4. The maximum Gasteiger partial charge on any atom is 0.129 e. The molecule has 3 rings (SSSR count). The summed E-state index contributed by atoms with van der Waals surface area (Å²) in [5, 5.41) is 11.4. The minimum absolute atomic E-state index is 0.650. The standard InChI is InChI=1S/C23H23NO/c1-17-11-10-12-18(2)21(17)24-22(19-13-6-4-7-14-19)23(3,25)20-15-8-5-9-16-20/h4-16,25H,1-3H3. The van der Waals surface area contributed by atoms with Gasteiger partial charge in [0.25, 0.3) is 0 Å². The Morgan fingerprint density at radius 3 is 1.84 bits per heavy atom. The number of rotatable bonds is 4. The molecule has 0 aliphatic rings. The second kappa shape index (κ2) is 7.04. The third kappa shape index (κ3) is 3.54. The van der Waals surface area contributed by atoms with Crippen LogP contribution in [0.4, 0.5) is 5.69 Å². The molecule has 2 heteroatoms. The molecular weight excluding hydrogens is 306 g/mol. The number of nitrogens with zero attached hydrogens (tertiary/aromatic N) is 1. The molecule has 0 saturated carbocycles. The van der Waals surface area contributed by atoms with Gasteiger partial charge in [-0.05, 0) is 43.0 Å². The lowest BCUT2D eigenvalue weighted by molar-refractivity contribution is 0.133. The molecule has 0 aromatic heterocycles. The van der Waals surface area contributed by atoms with Crippen molar-refractivity contribution < 1.29 is 5.11 Å². The number of aliphatic hydroxyl groups is 1. The largest absolute Gasteiger partial charge is 0.379 e. The molecule has 0 aliphatic carbocycles. The smallest absolute Gasteiger partial charge is 0.129 e. The minimum Gasteiger partial charge on any atom is -0.379 e. The monoisotopic (exact) mass is 329 g/mol. The van der Waals surface area contributed by atoms with Crippen LogP contribution in [0.3, 0.4) is 0 Å². The Kier molecular flexibility index (Phi) is 4.82. The van der Waals surface area contributed by atoms with Gasteiger partial charge in [0.05, 0.1) is 11.4 Å². The molecule has 1 unspecified atom stereocenters. The van der Waals surface area contributed by atoms with E-state index < -0.39 is 5.60 Å². The van der Waals surface area contributed by atoms with Crippen molar-refractivity contribution >= 4 is 11.4 Å². The third-order valence-electron chi connectivity index (χ3n) is 4.51. The average molecular weight is 329 g/mol. The number of para-hydroxylation sites is 1. The van der Waals surface area contributed by atoms with E-state index in [-0.39, 0.29) is 0 Å². The van der Waals surface area contributed by atoms with Crippen molar-refractivity contribution in [2.75, 3.05) is 0 Å². The third-order valence-corrected chi connectivity index (χ3v) is 4.51. The summed E-state index contributed by atoms with van der Waals surface area (Å²) in [5.74, 6) is 0.